The Morgan fingerprint density at radius 3 is 2.23 bits per heavy atom. The van der Waals surface area contributed by atoms with E-state index in [2.05, 4.69) is 12.2 Å². The van der Waals surface area contributed by atoms with E-state index < -0.39 is 5.97 Å². The van der Waals surface area contributed by atoms with E-state index in [0.717, 1.165) is 25.7 Å². The first kappa shape index (κ1) is 14.9. The lowest BCUT2D eigenvalue weighted by Crippen LogP contribution is -2.33. The minimum Gasteiger partial charge on any atom is -0.480 e. The fourth-order valence-corrected chi connectivity index (χ4v) is 0.990. The summed E-state index contributed by atoms with van der Waals surface area (Å²) in [5, 5.41) is 11.4. The van der Waals surface area contributed by atoms with Gasteiger partial charge in [-0.1, -0.05) is 40.0 Å². The van der Waals surface area contributed by atoms with Crippen LogP contribution in [0.4, 0.5) is 0 Å². The van der Waals surface area contributed by atoms with Crippen molar-refractivity contribution >= 4 is 5.97 Å². The maximum absolute atomic E-state index is 10.5. The van der Waals surface area contributed by atoms with Gasteiger partial charge in [0.2, 0.25) is 0 Å². The minimum atomic E-state index is -0.747. The lowest BCUT2D eigenvalue weighted by atomic mass is 10.1. The minimum absolute atomic E-state index is 0.360. The fourth-order valence-electron chi connectivity index (χ4n) is 0.990. The Kier molecular flexibility index (Phi) is 13.1. The molecule has 0 rings (SSSR count). The smallest absolute Gasteiger partial charge is 0.320 e. The van der Waals surface area contributed by atoms with Crippen molar-refractivity contribution < 1.29 is 9.90 Å². The van der Waals surface area contributed by atoms with Gasteiger partial charge >= 0.3 is 5.97 Å². The van der Waals surface area contributed by atoms with Gasteiger partial charge in [0.1, 0.15) is 6.04 Å². The first-order valence-electron chi connectivity index (χ1n) is 5.12. The zero-order valence-corrected chi connectivity index (χ0v) is 9.26. The molecule has 3 nitrogen and oxygen atoms in total. The molecular weight excluding hydrogens is 166 g/mol. The molecule has 0 aliphatic carbocycles. The first-order chi connectivity index (χ1) is 6.22. The number of carboxylic acid groups (broad SMARTS) is 1. The van der Waals surface area contributed by atoms with E-state index in [4.69, 9.17) is 5.11 Å². The van der Waals surface area contributed by atoms with Crippen molar-refractivity contribution in [1.29, 1.82) is 0 Å². The van der Waals surface area contributed by atoms with Gasteiger partial charge in [-0.05, 0) is 13.5 Å². The van der Waals surface area contributed by atoms with Crippen molar-refractivity contribution in [2.24, 2.45) is 0 Å². The molecule has 0 saturated carbocycles. The van der Waals surface area contributed by atoms with Gasteiger partial charge in [-0.15, -0.1) is 0 Å². The molecule has 0 radical (unpaired) electrons. The van der Waals surface area contributed by atoms with Crippen LogP contribution in [0.1, 0.15) is 46.5 Å². The van der Waals surface area contributed by atoms with Gasteiger partial charge in [0.25, 0.3) is 0 Å². The molecule has 0 spiro atoms. The van der Waals surface area contributed by atoms with Crippen LogP contribution in [0.3, 0.4) is 0 Å². The normalized spacial score (nSPS) is 11.4. The number of rotatable bonds is 6. The van der Waals surface area contributed by atoms with Gasteiger partial charge in [0.05, 0.1) is 0 Å². The highest BCUT2D eigenvalue weighted by Crippen LogP contribution is 2.02. The van der Waals surface area contributed by atoms with Crippen molar-refractivity contribution in [3.63, 3.8) is 0 Å². The molecule has 0 aromatic rings. The van der Waals surface area contributed by atoms with Crippen LogP contribution in [0.5, 0.6) is 0 Å². The molecule has 0 aromatic carbocycles. The number of carboxylic acids is 1. The van der Waals surface area contributed by atoms with Gasteiger partial charge in [0, 0.05) is 0 Å². The van der Waals surface area contributed by atoms with E-state index in [0.29, 0.717) is 0 Å². The van der Waals surface area contributed by atoms with E-state index in [9.17, 15) is 4.79 Å². The number of unbranched alkanes of at least 4 members (excludes halogenated alkanes) is 2. The second-order valence-corrected chi connectivity index (χ2v) is 2.68. The zero-order chi connectivity index (χ0) is 10.7. The summed E-state index contributed by atoms with van der Waals surface area (Å²) >= 11 is 0. The zero-order valence-electron chi connectivity index (χ0n) is 9.26. The number of nitrogens with one attached hydrogen (secondary N) is 1. The second kappa shape index (κ2) is 11.4. The van der Waals surface area contributed by atoms with Gasteiger partial charge in [-0.3, -0.25) is 4.79 Å². The predicted molar refractivity (Wildman–Crippen MR) is 56.0 cm³/mol. The van der Waals surface area contributed by atoms with Gasteiger partial charge in [-0.2, -0.15) is 0 Å². The molecule has 0 bridgehead atoms. The summed E-state index contributed by atoms with van der Waals surface area (Å²) in [7, 11) is 1.69. The first-order valence-corrected chi connectivity index (χ1v) is 5.12. The lowest BCUT2D eigenvalue weighted by Gasteiger charge is -2.09. The Morgan fingerprint density at radius 2 is 1.92 bits per heavy atom. The maximum atomic E-state index is 10.5. The lowest BCUT2D eigenvalue weighted by molar-refractivity contribution is -0.139. The molecule has 1 atom stereocenters. The maximum Gasteiger partial charge on any atom is 0.320 e. The molecule has 0 aliphatic rings. The quantitative estimate of drug-likeness (QED) is 0.630. The molecule has 80 valence electrons. The molecule has 3 heteroatoms. The van der Waals surface area contributed by atoms with E-state index in [1.165, 1.54) is 0 Å². The third kappa shape index (κ3) is 9.34. The summed E-state index contributed by atoms with van der Waals surface area (Å²) in [5.74, 6) is -0.747. The summed E-state index contributed by atoms with van der Waals surface area (Å²) in [5.41, 5.74) is 0. The van der Waals surface area contributed by atoms with Crippen molar-refractivity contribution in [2.75, 3.05) is 7.05 Å². The van der Waals surface area contributed by atoms with Crippen LogP contribution in [-0.2, 0) is 4.79 Å². The average Bonchev–Trinajstić information content (AvgIpc) is 2.15. The summed E-state index contributed by atoms with van der Waals surface area (Å²) in [4.78, 5) is 10.5. The third-order valence-electron chi connectivity index (χ3n) is 1.74. The van der Waals surface area contributed by atoms with Crippen LogP contribution in [0.2, 0.25) is 0 Å². The Balaban J connectivity index is 0. The number of aliphatic carboxylic acids is 1. The van der Waals surface area contributed by atoms with Crippen molar-refractivity contribution in [1.82, 2.24) is 5.32 Å². The Labute approximate surface area is 81.5 Å². The molecule has 0 aromatic heterocycles. The number of hydrogen-bond acceptors (Lipinski definition) is 2. The van der Waals surface area contributed by atoms with Gasteiger partial charge < -0.3 is 10.4 Å². The van der Waals surface area contributed by atoms with Crippen LogP contribution in [0, 0.1) is 0 Å². The van der Waals surface area contributed by atoms with Crippen LogP contribution in [0.25, 0.3) is 0 Å². The average molecular weight is 189 g/mol. The highest BCUT2D eigenvalue weighted by Gasteiger charge is 2.12. The highest BCUT2D eigenvalue weighted by atomic mass is 16.4. The molecule has 0 saturated heterocycles. The van der Waals surface area contributed by atoms with Crippen molar-refractivity contribution in [3.05, 3.63) is 0 Å². The Morgan fingerprint density at radius 1 is 1.38 bits per heavy atom. The van der Waals surface area contributed by atoms with Gasteiger partial charge in [-0.25, -0.2) is 0 Å². The van der Waals surface area contributed by atoms with Crippen LogP contribution < -0.4 is 5.32 Å². The second-order valence-electron chi connectivity index (χ2n) is 2.68. The monoisotopic (exact) mass is 189 g/mol. The summed E-state index contributed by atoms with van der Waals surface area (Å²) < 4.78 is 0. The molecule has 0 heterocycles. The molecule has 0 aliphatic heterocycles. The third-order valence-corrected chi connectivity index (χ3v) is 1.74. The number of hydrogen-bond donors (Lipinski definition) is 2. The molecule has 0 amide bonds. The standard InChI is InChI=1S/C8H17NO2.C2H6/c1-3-4-5-6-7(9-2)8(10)11;1-2/h7,9H,3-6H2,1-2H3,(H,10,11);1-2H3. The molecule has 1 unspecified atom stereocenters. The van der Waals surface area contributed by atoms with E-state index in [1.807, 2.05) is 13.8 Å². The van der Waals surface area contributed by atoms with E-state index >= 15 is 0 Å². The molecular formula is C10H23NO2. The van der Waals surface area contributed by atoms with Crippen molar-refractivity contribution in [3.8, 4) is 0 Å². The summed E-state index contributed by atoms with van der Waals surface area (Å²) in [6.45, 7) is 6.11. The molecule has 13 heavy (non-hydrogen) atoms. The number of likely N-dealkylation sites (N-methyl/N-ethyl adjacent to an activating group) is 1. The highest BCUT2D eigenvalue weighted by molar-refractivity contribution is 5.73. The molecule has 0 fully saturated rings. The summed E-state index contributed by atoms with van der Waals surface area (Å²) in [6.07, 6.45) is 3.98. The molecule has 2 N–H and O–H groups in total. The van der Waals surface area contributed by atoms with Crippen LogP contribution >= 0.6 is 0 Å². The summed E-state index contributed by atoms with van der Waals surface area (Å²) in [6, 6.07) is -0.360. The Hall–Kier alpha value is -0.570. The SMILES string of the molecule is CC.CCCCCC(NC)C(=O)O. The van der Waals surface area contributed by atoms with Crippen molar-refractivity contribution in [2.45, 2.75) is 52.5 Å². The van der Waals surface area contributed by atoms with E-state index in [-0.39, 0.29) is 6.04 Å². The topological polar surface area (TPSA) is 49.3 Å². The van der Waals surface area contributed by atoms with Crippen LogP contribution in [0.15, 0.2) is 0 Å². The predicted octanol–water partition coefficient (Wildman–Crippen LogP) is 2.27. The largest absolute Gasteiger partial charge is 0.480 e. The van der Waals surface area contributed by atoms with Crippen LogP contribution in [-0.4, -0.2) is 24.2 Å². The number of carbonyl (C=O) groups is 1. The Bertz CT molecular complexity index is 115. The van der Waals surface area contributed by atoms with E-state index in [1.54, 1.807) is 7.05 Å². The fraction of sp³-hybridized carbons (Fsp3) is 0.900. The van der Waals surface area contributed by atoms with Gasteiger partial charge in [0.15, 0.2) is 0 Å².